The summed E-state index contributed by atoms with van der Waals surface area (Å²) in [5.74, 6) is -3.21. The zero-order chi connectivity index (χ0) is 31.9. The molecule has 0 spiro atoms. The van der Waals surface area contributed by atoms with Gasteiger partial charge in [0.2, 0.25) is 18.5 Å². The number of carbonyl (C=O) groups excluding carboxylic acids is 1. The monoisotopic (exact) mass is 617 g/mol. The number of aliphatic hydroxyl groups excluding tert-OH is 1. The van der Waals surface area contributed by atoms with Crippen molar-refractivity contribution in [2.45, 2.75) is 56.8 Å². The molecule has 0 aliphatic rings. The van der Waals surface area contributed by atoms with Gasteiger partial charge in [-0.1, -0.05) is 121 Å². The SMILES string of the molecule is O=CN(C[C@H](OCc1ccccc1)[C@H](OCc1ccccc1)[C@H](OCc1ccccc1)C(O)(O)C(O)O)OCc1ccccc1. The normalized spacial score (nSPS) is 13.7. The van der Waals surface area contributed by atoms with Crippen molar-refractivity contribution in [1.82, 2.24) is 5.06 Å². The molecule has 0 heterocycles. The average molecular weight is 618 g/mol. The summed E-state index contributed by atoms with van der Waals surface area (Å²) in [4.78, 5) is 18.0. The zero-order valence-corrected chi connectivity index (χ0v) is 24.7. The number of benzene rings is 4. The summed E-state index contributed by atoms with van der Waals surface area (Å²) in [5, 5.41) is 43.3. The van der Waals surface area contributed by atoms with Gasteiger partial charge >= 0.3 is 0 Å². The van der Waals surface area contributed by atoms with E-state index in [4.69, 9.17) is 19.0 Å². The molecule has 0 saturated heterocycles. The van der Waals surface area contributed by atoms with Crippen molar-refractivity contribution in [3.63, 3.8) is 0 Å². The zero-order valence-electron chi connectivity index (χ0n) is 24.7. The van der Waals surface area contributed by atoms with Gasteiger partial charge < -0.3 is 34.6 Å². The minimum atomic E-state index is -3.21. The van der Waals surface area contributed by atoms with Crippen LogP contribution in [0, 0.1) is 0 Å². The topological polar surface area (TPSA) is 138 Å². The summed E-state index contributed by atoms with van der Waals surface area (Å²) in [7, 11) is 0. The number of carbonyl (C=O) groups is 1. The molecular formula is C35H39NO9. The molecular weight excluding hydrogens is 578 g/mol. The van der Waals surface area contributed by atoms with Gasteiger partial charge in [0.25, 0.3) is 0 Å². The molecule has 0 unspecified atom stereocenters. The molecule has 10 nitrogen and oxygen atoms in total. The van der Waals surface area contributed by atoms with Gasteiger partial charge in [-0.3, -0.25) is 9.63 Å². The van der Waals surface area contributed by atoms with E-state index < -0.39 is 30.4 Å². The van der Waals surface area contributed by atoms with Crippen molar-refractivity contribution in [3.8, 4) is 0 Å². The van der Waals surface area contributed by atoms with Crippen LogP contribution in [0.25, 0.3) is 0 Å². The molecule has 10 heteroatoms. The Balaban J connectivity index is 1.68. The minimum Gasteiger partial charge on any atom is -0.369 e. The number of ether oxygens (including phenoxy) is 3. The third-order valence-corrected chi connectivity index (χ3v) is 7.05. The maximum atomic E-state index is 12.2. The van der Waals surface area contributed by atoms with Gasteiger partial charge in [0.1, 0.15) is 24.9 Å². The van der Waals surface area contributed by atoms with E-state index in [2.05, 4.69) is 0 Å². The number of hydrogen-bond donors (Lipinski definition) is 4. The van der Waals surface area contributed by atoms with Crippen LogP contribution in [0.3, 0.4) is 0 Å². The Morgan fingerprint density at radius 1 is 0.600 bits per heavy atom. The van der Waals surface area contributed by atoms with Crippen LogP contribution in [-0.2, 0) is 50.3 Å². The molecule has 0 radical (unpaired) electrons. The highest BCUT2D eigenvalue weighted by atomic mass is 16.7. The maximum Gasteiger partial charge on any atom is 0.245 e. The van der Waals surface area contributed by atoms with Crippen LogP contribution in [-0.4, -0.2) is 68.8 Å². The second-order valence-electron chi connectivity index (χ2n) is 10.4. The fraction of sp³-hybridized carbons (Fsp3) is 0.286. The molecule has 0 fully saturated rings. The molecule has 45 heavy (non-hydrogen) atoms. The van der Waals surface area contributed by atoms with Crippen LogP contribution >= 0.6 is 0 Å². The van der Waals surface area contributed by atoms with Crippen LogP contribution in [0.4, 0.5) is 0 Å². The van der Waals surface area contributed by atoms with E-state index in [9.17, 15) is 25.2 Å². The smallest absolute Gasteiger partial charge is 0.245 e. The third-order valence-electron chi connectivity index (χ3n) is 7.05. The lowest BCUT2D eigenvalue weighted by Crippen LogP contribution is -2.62. The van der Waals surface area contributed by atoms with E-state index in [0.717, 1.165) is 21.8 Å². The highest BCUT2D eigenvalue weighted by Gasteiger charge is 2.50. The number of hydroxylamine groups is 2. The summed E-state index contributed by atoms with van der Waals surface area (Å²) in [6.07, 6.45) is -6.40. The van der Waals surface area contributed by atoms with Gasteiger partial charge in [-0.05, 0) is 22.3 Å². The van der Waals surface area contributed by atoms with E-state index in [1.807, 2.05) is 97.1 Å². The van der Waals surface area contributed by atoms with Crippen LogP contribution in [0.5, 0.6) is 0 Å². The summed E-state index contributed by atoms with van der Waals surface area (Å²) in [5.41, 5.74) is 3.07. The largest absolute Gasteiger partial charge is 0.369 e. The van der Waals surface area contributed by atoms with Crippen molar-refractivity contribution in [1.29, 1.82) is 0 Å². The predicted octanol–water partition coefficient (Wildman–Crippen LogP) is 3.32. The first-order valence-electron chi connectivity index (χ1n) is 14.5. The van der Waals surface area contributed by atoms with Crippen LogP contribution in [0.15, 0.2) is 121 Å². The van der Waals surface area contributed by atoms with Crippen LogP contribution in [0.2, 0.25) is 0 Å². The first-order valence-corrected chi connectivity index (χ1v) is 14.5. The molecule has 4 N–H and O–H groups in total. The van der Waals surface area contributed by atoms with Crippen LogP contribution in [0.1, 0.15) is 22.3 Å². The quantitative estimate of drug-likeness (QED) is 0.0709. The second-order valence-corrected chi connectivity index (χ2v) is 10.4. The number of nitrogens with zero attached hydrogens (tertiary/aromatic N) is 1. The fourth-order valence-electron chi connectivity index (χ4n) is 4.59. The molecule has 0 bridgehead atoms. The molecule has 238 valence electrons. The Bertz CT molecular complexity index is 1380. The molecule has 1 amide bonds. The van der Waals surface area contributed by atoms with E-state index in [1.54, 1.807) is 24.3 Å². The van der Waals surface area contributed by atoms with E-state index in [0.29, 0.717) is 12.0 Å². The Morgan fingerprint density at radius 2 is 1.00 bits per heavy atom. The first kappa shape index (κ1) is 33.9. The minimum absolute atomic E-state index is 0.0224. The maximum absolute atomic E-state index is 12.2. The molecule has 4 aromatic carbocycles. The van der Waals surface area contributed by atoms with Crippen molar-refractivity contribution in [3.05, 3.63) is 144 Å². The van der Waals surface area contributed by atoms with Crippen LogP contribution < -0.4 is 0 Å². The summed E-state index contributed by atoms with van der Waals surface area (Å²) in [6, 6.07) is 36.6. The summed E-state index contributed by atoms with van der Waals surface area (Å²) in [6.45, 7) is -0.247. The van der Waals surface area contributed by atoms with Gasteiger partial charge in [0.05, 0.1) is 26.4 Å². The second kappa shape index (κ2) is 17.5. The molecule has 0 aliphatic heterocycles. The van der Waals surface area contributed by atoms with E-state index in [-0.39, 0.29) is 33.0 Å². The van der Waals surface area contributed by atoms with Gasteiger partial charge in [-0.2, -0.15) is 0 Å². The summed E-state index contributed by atoms with van der Waals surface area (Å²) >= 11 is 0. The van der Waals surface area contributed by atoms with Gasteiger partial charge in [0.15, 0.2) is 0 Å². The third kappa shape index (κ3) is 10.6. The Hall–Kier alpha value is -3.97. The molecule has 3 atom stereocenters. The van der Waals surface area contributed by atoms with E-state index in [1.165, 1.54) is 0 Å². The predicted molar refractivity (Wildman–Crippen MR) is 164 cm³/mol. The van der Waals surface area contributed by atoms with Crippen molar-refractivity contribution in [2.24, 2.45) is 0 Å². The highest BCUT2D eigenvalue weighted by molar-refractivity contribution is 5.45. The van der Waals surface area contributed by atoms with E-state index >= 15 is 0 Å². The van der Waals surface area contributed by atoms with Crippen molar-refractivity contribution < 1.29 is 44.3 Å². The lowest BCUT2D eigenvalue weighted by atomic mass is 9.98. The standard InChI is InChI=1S/C35H39NO9/c37-26-36(45-25-30-19-11-4-12-20-30)21-31(42-22-27-13-5-1-6-14-27)32(43-23-28-15-7-2-8-16-28)33(35(40,41)34(38)39)44-24-29-17-9-3-10-18-29/h1-20,26,31-34,38-41H,21-25H2/t31-,32-,33-/m0/s1. The van der Waals surface area contributed by atoms with Gasteiger partial charge in [-0.25, -0.2) is 5.06 Å². The lowest BCUT2D eigenvalue weighted by molar-refractivity contribution is -0.355. The Labute approximate surface area is 262 Å². The Morgan fingerprint density at radius 3 is 1.42 bits per heavy atom. The number of aliphatic hydroxyl groups is 4. The van der Waals surface area contributed by atoms with Crippen molar-refractivity contribution >= 4 is 6.41 Å². The lowest BCUT2D eigenvalue weighted by Gasteiger charge is -2.41. The molecule has 0 aliphatic carbocycles. The number of rotatable bonds is 19. The summed E-state index contributed by atoms with van der Waals surface area (Å²) < 4.78 is 18.6. The first-order chi connectivity index (χ1) is 21.9. The fourth-order valence-corrected chi connectivity index (χ4v) is 4.59. The van der Waals surface area contributed by atoms with Gasteiger partial charge in [0, 0.05) is 0 Å². The highest BCUT2D eigenvalue weighted by Crippen LogP contribution is 2.27. The molecule has 4 rings (SSSR count). The molecule has 4 aromatic rings. The molecule has 0 saturated carbocycles. The Kier molecular flexibility index (Phi) is 13.2. The molecule has 0 aromatic heterocycles. The average Bonchev–Trinajstić information content (AvgIpc) is 3.08. The van der Waals surface area contributed by atoms with Gasteiger partial charge in [-0.15, -0.1) is 0 Å². The number of amides is 1. The number of hydrogen-bond acceptors (Lipinski definition) is 9. The van der Waals surface area contributed by atoms with Crippen molar-refractivity contribution in [2.75, 3.05) is 6.54 Å².